The van der Waals surface area contributed by atoms with Crippen molar-refractivity contribution >= 4 is 31.1 Å². The smallest absolute Gasteiger partial charge is 0.259 e. The maximum atomic E-state index is 13.1. The standard InChI is InChI=1S/C24H27BN6O2/c25-29-8-1-2-17-3-5-18(6-4-17)19-14-20(23(26)28-15-19)24(32)30-21-16-27-9-7-22(21)31-10-12-33-13-11-31/h3-7,9,14-16,29H,1-2,8,10-13H2,(H2,26,28)(H,30,32). The van der Waals surface area contributed by atoms with Crippen LogP contribution in [0.15, 0.2) is 55.0 Å². The minimum absolute atomic E-state index is 0.180. The molecule has 1 amide bonds. The summed E-state index contributed by atoms with van der Waals surface area (Å²) in [5.74, 6) is -0.144. The Kier molecular flexibility index (Phi) is 7.54. The van der Waals surface area contributed by atoms with E-state index in [1.807, 2.05) is 18.2 Å². The van der Waals surface area contributed by atoms with E-state index in [0.29, 0.717) is 24.5 Å². The zero-order valence-electron chi connectivity index (χ0n) is 18.5. The van der Waals surface area contributed by atoms with Gasteiger partial charge in [0.05, 0.1) is 36.3 Å². The predicted octanol–water partition coefficient (Wildman–Crippen LogP) is 2.42. The number of morpholine rings is 1. The van der Waals surface area contributed by atoms with Gasteiger partial charge >= 0.3 is 0 Å². The minimum Gasteiger partial charge on any atom is -0.383 e. The molecule has 1 aromatic carbocycles. The number of nitrogens with one attached hydrogen (secondary N) is 2. The van der Waals surface area contributed by atoms with Crippen molar-refractivity contribution in [2.75, 3.05) is 48.8 Å². The third-order valence-electron chi connectivity index (χ3n) is 5.64. The summed E-state index contributed by atoms with van der Waals surface area (Å²) in [6.07, 6.45) is 6.95. The molecule has 0 saturated carbocycles. The number of aromatic nitrogens is 2. The van der Waals surface area contributed by atoms with Crippen molar-refractivity contribution in [3.8, 4) is 11.1 Å². The molecule has 0 atom stereocenters. The highest BCUT2D eigenvalue weighted by Crippen LogP contribution is 2.28. The number of nitrogens with two attached hydrogens (primary N) is 1. The number of aryl methyl sites for hydroxylation is 1. The van der Waals surface area contributed by atoms with Crippen molar-refractivity contribution in [1.82, 2.24) is 15.2 Å². The van der Waals surface area contributed by atoms with Crippen LogP contribution < -0.4 is 21.2 Å². The second kappa shape index (κ2) is 10.9. The second-order valence-corrected chi connectivity index (χ2v) is 7.86. The van der Waals surface area contributed by atoms with Gasteiger partial charge in [0.15, 0.2) is 7.98 Å². The normalized spacial score (nSPS) is 13.6. The van der Waals surface area contributed by atoms with Crippen molar-refractivity contribution in [1.29, 1.82) is 0 Å². The Balaban J connectivity index is 1.52. The number of nitrogens with zero attached hydrogens (tertiary/aromatic N) is 3. The van der Waals surface area contributed by atoms with Crippen LogP contribution in [0.2, 0.25) is 0 Å². The first-order valence-corrected chi connectivity index (χ1v) is 11.0. The highest BCUT2D eigenvalue weighted by Gasteiger charge is 2.18. The molecule has 1 aliphatic heterocycles. The van der Waals surface area contributed by atoms with Gasteiger partial charge in [-0.25, -0.2) is 4.98 Å². The fourth-order valence-corrected chi connectivity index (χ4v) is 3.83. The molecule has 9 heteroatoms. The molecule has 1 fully saturated rings. The molecule has 1 aliphatic rings. The van der Waals surface area contributed by atoms with Crippen LogP contribution in [0, 0.1) is 0 Å². The summed E-state index contributed by atoms with van der Waals surface area (Å²) in [6.45, 7) is 3.58. The highest BCUT2D eigenvalue weighted by atomic mass is 16.5. The van der Waals surface area contributed by atoms with Gasteiger partial charge in [0.1, 0.15) is 5.82 Å². The van der Waals surface area contributed by atoms with E-state index in [2.05, 4.69) is 37.5 Å². The Hall–Kier alpha value is -3.43. The third-order valence-corrected chi connectivity index (χ3v) is 5.64. The van der Waals surface area contributed by atoms with E-state index in [1.165, 1.54) is 5.56 Å². The summed E-state index contributed by atoms with van der Waals surface area (Å²) in [6, 6.07) is 11.9. The van der Waals surface area contributed by atoms with Crippen molar-refractivity contribution in [2.45, 2.75) is 12.8 Å². The molecule has 8 nitrogen and oxygen atoms in total. The number of rotatable bonds is 8. The first-order valence-electron chi connectivity index (χ1n) is 11.0. The molecule has 2 aromatic heterocycles. The molecule has 4 N–H and O–H groups in total. The molecule has 2 radical (unpaired) electrons. The van der Waals surface area contributed by atoms with E-state index in [0.717, 1.165) is 49.3 Å². The molecule has 0 aliphatic carbocycles. The van der Waals surface area contributed by atoms with Gasteiger partial charge in [-0.05, 0) is 42.6 Å². The van der Waals surface area contributed by atoms with Gasteiger partial charge in [-0.3, -0.25) is 9.78 Å². The predicted molar refractivity (Wildman–Crippen MR) is 131 cm³/mol. The van der Waals surface area contributed by atoms with Crippen LogP contribution in [-0.2, 0) is 11.2 Å². The van der Waals surface area contributed by atoms with Crippen LogP contribution in [0.25, 0.3) is 11.1 Å². The highest BCUT2D eigenvalue weighted by molar-refractivity contribution is 6.09. The molecule has 168 valence electrons. The van der Waals surface area contributed by atoms with Gasteiger partial charge in [0.25, 0.3) is 5.91 Å². The minimum atomic E-state index is -0.324. The lowest BCUT2D eigenvalue weighted by atomic mass is 10.0. The fraction of sp³-hybridized carbons (Fsp3) is 0.292. The Labute approximate surface area is 195 Å². The summed E-state index contributed by atoms with van der Waals surface area (Å²) in [5, 5.41) is 5.63. The molecular formula is C24H27BN6O2. The lowest BCUT2D eigenvalue weighted by molar-refractivity contribution is 0.102. The van der Waals surface area contributed by atoms with Crippen LogP contribution in [0.3, 0.4) is 0 Å². The van der Waals surface area contributed by atoms with E-state index >= 15 is 0 Å². The lowest BCUT2D eigenvalue weighted by Gasteiger charge is -2.30. The molecule has 3 aromatic rings. The Morgan fingerprint density at radius 2 is 1.91 bits per heavy atom. The van der Waals surface area contributed by atoms with Gasteiger partial charge in [-0.2, -0.15) is 0 Å². The number of carbonyl (C=O) groups is 1. The molecule has 0 unspecified atom stereocenters. The van der Waals surface area contributed by atoms with Crippen molar-refractivity contribution in [2.24, 2.45) is 0 Å². The zero-order chi connectivity index (χ0) is 23.0. The van der Waals surface area contributed by atoms with Crippen LogP contribution in [0.5, 0.6) is 0 Å². The van der Waals surface area contributed by atoms with Gasteiger partial charge in [0, 0.05) is 31.0 Å². The topological polar surface area (TPSA) is 105 Å². The maximum absolute atomic E-state index is 13.1. The number of amides is 1. The number of hydrogen-bond acceptors (Lipinski definition) is 7. The molecule has 1 saturated heterocycles. The van der Waals surface area contributed by atoms with Crippen LogP contribution in [0.4, 0.5) is 17.2 Å². The quantitative estimate of drug-likeness (QED) is 0.364. The van der Waals surface area contributed by atoms with Gasteiger partial charge < -0.3 is 25.9 Å². The number of benzene rings is 1. The largest absolute Gasteiger partial charge is 0.383 e. The Morgan fingerprint density at radius 3 is 2.67 bits per heavy atom. The van der Waals surface area contributed by atoms with Gasteiger partial charge in [-0.15, -0.1) is 0 Å². The first-order chi connectivity index (χ1) is 16.2. The lowest BCUT2D eigenvalue weighted by Crippen LogP contribution is -2.36. The number of ether oxygens (including phenoxy) is 1. The zero-order valence-corrected chi connectivity index (χ0v) is 18.5. The van der Waals surface area contributed by atoms with Crippen LogP contribution in [-0.4, -0.2) is 56.7 Å². The fourth-order valence-electron chi connectivity index (χ4n) is 3.83. The van der Waals surface area contributed by atoms with Crippen molar-refractivity contribution in [3.05, 3.63) is 66.1 Å². The summed E-state index contributed by atoms with van der Waals surface area (Å²) in [5.41, 5.74) is 10.9. The molecular weight excluding hydrogens is 415 g/mol. The SMILES string of the molecule is [B]NCCCc1ccc(-c2cnc(N)c(C(=O)Nc3cnccc3N3CCOCC3)c2)cc1. The Bertz CT molecular complexity index is 1090. The van der Waals surface area contributed by atoms with Crippen LogP contribution in [0.1, 0.15) is 22.3 Å². The third kappa shape index (κ3) is 5.69. The molecule has 0 spiro atoms. The van der Waals surface area contributed by atoms with Crippen molar-refractivity contribution < 1.29 is 9.53 Å². The van der Waals surface area contributed by atoms with E-state index in [1.54, 1.807) is 24.7 Å². The van der Waals surface area contributed by atoms with E-state index < -0.39 is 0 Å². The maximum Gasteiger partial charge on any atom is 0.259 e. The number of anilines is 3. The van der Waals surface area contributed by atoms with Gasteiger partial charge in [-0.1, -0.05) is 24.3 Å². The molecule has 3 heterocycles. The number of carbonyl (C=O) groups excluding carboxylic acids is 1. The number of hydrogen-bond donors (Lipinski definition) is 3. The van der Waals surface area contributed by atoms with Gasteiger partial charge in [0.2, 0.25) is 0 Å². The van der Waals surface area contributed by atoms with E-state index in [-0.39, 0.29) is 11.7 Å². The summed E-state index contributed by atoms with van der Waals surface area (Å²) in [7, 11) is 5.33. The summed E-state index contributed by atoms with van der Waals surface area (Å²) < 4.78 is 5.44. The van der Waals surface area contributed by atoms with E-state index in [4.69, 9.17) is 18.5 Å². The average Bonchev–Trinajstić information content (AvgIpc) is 2.86. The molecule has 0 bridgehead atoms. The first kappa shape index (κ1) is 22.8. The summed E-state index contributed by atoms with van der Waals surface area (Å²) in [4.78, 5) is 23.8. The molecule has 33 heavy (non-hydrogen) atoms. The van der Waals surface area contributed by atoms with Crippen molar-refractivity contribution in [3.63, 3.8) is 0 Å². The second-order valence-electron chi connectivity index (χ2n) is 7.86. The molecule has 4 rings (SSSR count). The Morgan fingerprint density at radius 1 is 1.12 bits per heavy atom. The monoisotopic (exact) mass is 442 g/mol. The van der Waals surface area contributed by atoms with Crippen LogP contribution >= 0.6 is 0 Å². The van der Waals surface area contributed by atoms with E-state index in [9.17, 15) is 4.79 Å². The number of pyridine rings is 2. The summed E-state index contributed by atoms with van der Waals surface area (Å²) >= 11 is 0. The number of nitrogen functional groups attached to an aromatic ring is 1. The average molecular weight is 442 g/mol.